The van der Waals surface area contributed by atoms with E-state index in [1.54, 1.807) is 0 Å². The molecule has 0 amide bonds. The lowest BCUT2D eigenvalue weighted by atomic mass is 10.2. The molecule has 0 saturated carbocycles. The van der Waals surface area contributed by atoms with Gasteiger partial charge >= 0.3 is 11.9 Å². The quantitative estimate of drug-likeness (QED) is 0.367. The summed E-state index contributed by atoms with van der Waals surface area (Å²) in [7, 11) is 0. The van der Waals surface area contributed by atoms with Crippen LogP contribution in [0.5, 0.6) is 0 Å². The number of carbonyl (C=O) groups excluding carboxylic acids is 1. The van der Waals surface area contributed by atoms with Crippen LogP contribution in [0.25, 0.3) is 0 Å². The number of hydrogen-bond acceptors (Lipinski definition) is 5. The van der Waals surface area contributed by atoms with E-state index >= 15 is 0 Å². The number of hydrazine groups is 1. The van der Waals surface area contributed by atoms with Gasteiger partial charge in [-0.3, -0.25) is 15.4 Å². The molecule has 0 fully saturated rings. The molecule has 1 aromatic rings. The Morgan fingerprint density at radius 3 is 2.53 bits per heavy atom. The number of carboxylic acids is 1. The van der Waals surface area contributed by atoms with Crippen molar-refractivity contribution in [2.24, 2.45) is 5.84 Å². The fourth-order valence-electron chi connectivity index (χ4n) is 1.18. The third-order valence-electron chi connectivity index (χ3n) is 2.11. The third-order valence-corrected chi connectivity index (χ3v) is 2.11. The number of carbonyl (C=O) groups is 2. The molecule has 17 heavy (non-hydrogen) atoms. The number of aliphatic carboxylic acids is 1. The molecule has 0 aromatic heterocycles. The summed E-state index contributed by atoms with van der Waals surface area (Å²) in [6, 6.07) is 7.99. The lowest BCUT2D eigenvalue weighted by Gasteiger charge is -2.10. The number of benzene rings is 1. The van der Waals surface area contributed by atoms with Crippen LogP contribution in [0.15, 0.2) is 30.3 Å². The summed E-state index contributed by atoms with van der Waals surface area (Å²) in [4.78, 5) is 21.9. The van der Waals surface area contributed by atoms with Crippen molar-refractivity contribution >= 4 is 11.9 Å². The molecule has 6 nitrogen and oxygen atoms in total. The van der Waals surface area contributed by atoms with Crippen LogP contribution in [0.3, 0.4) is 0 Å². The number of nitrogens with one attached hydrogen (secondary N) is 1. The SMILES string of the molecule is NN[C@@H](CC(=O)OCc1ccccc1)C(=O)O. The molecule has 0 radical (unpaired) electrons. The monoisotopic (exact) mass is 238 g/mol. The van der Waals surface area contributed by atoms with Crippen molar-refractivity contribution in [2.45, 2.75) is 19.1 Å². The van der Waals surface area contributed by atoms with E-state index in [0.717, 1.165) is 5.56 Å². The topological polar surface area (TPSA) is 102 Å². The van der Waals surface area contributed by atoms with E-state index in [-0.39, 0.29) is 13.0 Å². The number of rotatable bonds is 6. The fraction of sp³-hybridized carbons (Fsp3) is 0.273. The van der Waals surface area contributed by atoms with Gasteiger partial charge < -0.3 is 9.84 Å². The second-order valence-electron chi connectivity index (χ2n) is 3.41. The van der Waals surface area contributed by atoms with Crippen LogP contribution < -0.4 is 11.3 Å². The average Bonchev–Trinajstić information content (AvgIpc) is 2.34. The summed E-state index contributed by atoms with van der Waals surface area (Å²) in [5.74, 6) is 3.19. The normalized spacial score (nSPS) is 11.8. The van der Waals surface area contributed by atoms with Gasteiger partial charge in [0.2, 0.25) is 0 Å². The maximum atomic E-state index is 11.3. The van der Waals surface area contributed by atoms with E-state index in [4.69, 9.17) is 15.7 Å². The number of hydrogen-bond donors (Lipinski definition) is 3. The minimum absolute atomic E-state index is 0.122. The van der Waals surface area contributed by atoms with E-state index in [9.17, 15) is 9.59 Å². The zero-order valence-corrected chi connectivity index (χ0v) is 9.13. The van der Waals surface area contributed by atoms with Gasteiger partial charge in [-0.05, 0) is 5.56 Å². The molecule has 4 N–H and O–H groups in total. The van der Waals surface area contributed by atoms with Crippen LogP contribution in [0.2, 0.25) is 0 Å². The summed E-state index contributed by atoms with van der Waals surface area (Å²) in [6.45, 7) is 0.122. The van der Waals surface area contributed by atoms with Gasteiger partial charge in [-0.2, -0.15) is 0 Å². The molecule has 6 heteroatoms. The highest BCUT2D eigenvalue weighted by Gasteiger charge is 2.20. The molecule has 92 valence electrons. The summed E-state index contributed by atoms with van der Waals surface area (Å²) in [6.07, 6.45) is -0.307. The Kier molecular flexibility index (Phi) is 5.12. The molecule has 0 saturated heterocycles. The van der Waals surface area contributed by atoms with Crippen molar-refractivity contribution in [1.82, 2.24) is 5.43 Å². The highest BCUT2D eigenvalue weighted by Crippen LogP contribution is 2.02. The second-order valence-corrected chi connectivity index (χ2v) is 3.41. The lowest BCUT2D eigenvalue weighted by Crippen LogP contribution is -2.43. The molecule has 0 heterocycles. The largest absolute Gasteiger partial charge is 0.480 e. The van der Waals surface area contributed by atoms with Crippen molar-refractivity contribution in [3.05, 3.63) is 35.9 Å². The van der Waals surface area contributed by atoms with Crippen molar-refractivity contribution in [1.29, 1.82) is 0 Å². The van der Waals surface area contributed by atoms with Gasteiger partial charge in [0, 0.05) is 0 Å². The first-order valence-corrected chi connectivity index (χ1v) is 5.02. The Balaban J connectivity index is 2.37. The highest BCUT2D eigenvalue weighted by molar-refractivity contribution is 5.81. The van der Waals surface area contributed by atoms with E-state index in [0.29, 0.717) is 0 Å². The Hall–Kier alpha value is -1.92. The van der Waals surface area contributed by atoms with Gasteiger partial charge in [-0.25, -0.2) is 5.43 Å². The van der Waals surface area contributed by atoms with Crippen LogP contribution in [0.1, 0.15) is 12.0 Å². The van der Waals surface area contributed by atoms with E-state index in [2.05, 4.69) is 0 Å². The molecule has 1 rings (SSSR count). The zero-order chi connectivity index (χ0) is 12.7. The lowest BCUT2D eigenvalue weighted by molar-refractivity contribution is -0.150. The van der Waals surface area contributed by atoms with E-state index < -0.39 is 18.0 Å². The number of esters is 1. The van der Waals surface area contributed by atoms with E-state index in [1.165, 1.54) is 0 Å². The molecular formula is C11H14N2O4. The van der Waals surface area contributed by atoms with Crippen LogP contribution in [-0.4, -0.2) is 23.1 Å². The molecular weight excluding hydrogens is 224 g/mol. The van der Waals surface area contributed by atoms with Gasteiger partial charge in [-0.15, -0.1) is 0 Å². The first kappa shape index (κ1) is 13.1. The van der Waals surface area contributed by atoms with Crippen molar-refractivity contribution in [3.8, 4) is 0 Å². The van der Waals surface area contributed by atoms with Crippen LogP contribution in [-0.2, 0) is 20.9 Å². The summed E-state index contributed by atoms with van der Waals surface area (Å²) < 4.78 is 4.91. The van der Waals surface area contributed by atoms with Crippen LogP contribution in [0.4, 0.5) is 0 Å². The molecule has 0 bridgehead atoms. The number of carboxylic acid groups (broad SMARTS) is 1. The molecule has 0 unspecified atom stereocenters. The fourth-order valence-corrected chi connectivity index (χ4v) is 1.18. The van der Waals surface area contributed by atoms with Crippen molar-refractivity contribution in [2.75, 3.05) is 0 Å². The first-order valence-electron chi connectivity index (χ1n) is 5.02. The maximum absolute atomic E-state index is 11.3. The van der Waals surface area contributed by atoms with Crippen molar-refractivity contribution in [3.63, 3.8) is 0 Å². The molecule has 0 spiro atoms. The van der Waals surface area contributed by atoms with Crippen LogP contribution in [0, 0.1) is 0 Å². The number of ether oxygens (including phenoxy) is 1. The average molecular weight is 238 g/mol. The van der Waals surface area contributed by atoms with Gasteiger partial charge in [0.1, 0.15) is 12.6 Å². The summed E-state index contributed by atoms with van der Waals surface area (Å²) in [5, 5.41) is 8.66. The Morgan fingerprint density at radius 2 is 2.00 bits per heavy atom. The predicted molar refractivity (Wildman–Crippen MR) is 59.6 cm³/mol. The predicted octanol–water partition coefficient (Wildman–Crippen LogP) is 0.0364. The molecule has 0 aliphatic heterocycles. The van der Waals surface area contributed by atoms with Crippen LogP contribution >= 0.6 is 0 Å². The van der Waals surface area contributed by atoms with Gasteiger partial charge in [0.05, 0.1) is 6.42 Å². The highest BCUT2D eigenvalue weighted by atomic mass is 16.5. The summed E-state index contributed by atoms with van der Waals surface area (Å²) >= 11 is 0. The standard InChI is InChI=1S/C11H14N2O4/c12-13-9(11(15)16)6-10(14)17-7-8-4-2-1-3-5-8/h1-5,9,13H,6-7,12H2,(H,15,16)/t9-/m0/s1. The Morgan fingerprint density at radius 1 is 1.35 bits per heavy atom. The van der Waals surface area contributed by atoms with Gasteiger partial charge in [0.25, 0.3) is 0 Å². The van der Waals surface area contributed by atoms with E-state index in [1.807, 2.05) is 35.8 Å². The molecule has 1 aromatic carbocycles. The third kappa shape index (κ3) is 4.62. The smallest absolute Gasteiger partial charge is 0.322 e. The van der Waals surface area contributed by atoms with Gasteiger partial charge in [-0.1, -0.05) is 30.3 Å². The minimum atomic E-state index is -1.19. The Labute approximate surface area is 98.3 Å². The second kappa shape index (κ2) is 6.62. The molecule has 0 aliphatic rings. The zero-order valence-electron chi connectivity index (χ0n) is 9.13. The minimum Gasteiger partial charge on any atom is -0.480 e. The van der Waals surface area contributed by atoms with Crippen molar-refractivity contribution < 1.29 is 19.4 Å². The molecule has 0 aliphatic carbocycles. The molecule has 1 atom stereocenters. The number of nitrogens with two attached hydrogens (primary N) is 1. The Bertz CT molecular complexity index is 380. The van der Waals surface area contributed by atoms with Gasteiger partial charge in [0.15, 0.2) is 0 Å². The maximum Gasteiger partial charge on any atom is 0.322 e. The summed E-state index contributed by atoms with van der Waals surface area (Å²) in [5.41, 5.74) is 2.87. The first-order chi connectivity index (χ1) is 8.13.